The van der Waals surface area contributed by atoms with Crippen LogP contribution in [-0.2, 0) is 13.0 Å². The highest BCUT2D eigenvalue weighted by atomic mass is 35.5. The van der Waals surface area contributed by atoms with Gasteiger partial charge in [-0.1, -0.05) is 11.6 Å². The van der Waals surface area contributed by atoms with Crippen LogP contribution in [0.25, 0.3) is 0 Å². The minimum Gasteiger partial charge on any atom is -0.486 e. The predicted octanol–water partition coefficient (Wildman–Crippen LogP) is 4.06. The molecule has 0 fully saturated rings. The molecule has 1 heterocycles. The van der Waals surface area contributed by atoms with Crippen LogP contribution < -0.4 is 4.74 Å². The molecule has 1 aromatic heterocycles. The fraction of sp³-hybridized carbons (Fsp3) is 0.286. The first kappa shape index (κ1) is 13.9. The maximum atomic E-state index is 8.61. The maximum Gasteiger partial charge on any atom is 0.140 e. The molecule has 0 aliphatic heterocycles. The Hall–Kier alpha value is -1.57. The summed E-state index contributed by atoms with van der Waals surface area (Å²) in [4.78, 5) is 5.19. The second kappa shape index (κ2) is 6.05. The summed E-state index contributed by atoms with van der Waals surface area (Å²) < 4.78 is 5.71. The summed E-state index contributed by atoms with van der Waals surface area (Å²) in [6.07, 6.45) is 2.13. The molecule has 0 unspecified atom stereocenters. The van der Waals surface area contributed by atoms with Crippen molar-refractivity contribution in [3.63, 3.8) is 0 Å². The van der Waals surface area contributed by atoms with Gasteiger partial charge in [0, 0.05) is 16.1 Å². The lowest BCUT2D eigenvalue weighted by atomic mass is 10.1. The lowest BCUT2D eigenvalue weighted by Gasteiger charge is -2.08. The number of aromatic nitrogens is 1. The Kier molecular flexibility index (Phi) is 4.41. The third kappa shape index (κ3) is 3.46. The summed E-state index contributed by atoms with van der Waals surface area (Å²) in [5, 5.41) is 10.3. The van der Waals surface area contributed by atoms with Gasteiger partial charge in [0.05, 0.1) is 12.5 Å². The fourth-order valence-electron chi connectivity index (χ4n) is 1.71. The number of benzene rings is 1. The standard InChI is InChI=1S/C14H13ClN2OS/c1-9-5-11(6-10(2)14(9)15)18-8-13-17-7-12(19-13)3-4-16/h5-7H,3,8H2,1-2H3. The van der Waals surface area contributed by atoms with Gasteiger partial charge < -0.3 is 4.74 Å². The number of ether oxygens (including phenoxy) is 1. The third-order valence-corrected chi connectivity index (χ3v) is 4.19. The molecule has 0 saturated heterocycles. The van der Waals surface area contributed by atoms with Gasteiger partial charge in [-0.15, -0.1) is 11.3 Å². The molecule has 0 radical (unpaired) electrons. The molecule has 0 spiro atoms. The predicted molar refractivity (Wildman–Crippen MR) is 76.7 cm³/mol. The Morgan fingerprint density at radius 2 is 2.05 bits per heavy atom. The molecule has 0 atom stereocenters. The van der Waals surface area contributed by atoms with Crippen LogP contribution in [0.2, 0.25) is 5.02 Å². The molecule has 0 aliphatic rings. The summed E-state index contributed by atoms with van der Waals surface area (Å²) in [6, 6.07) is 5.94. The van der Waals surface area contributed by atoms with Crippen molar-refractivity contribution < 1.29 is 4.74 Å². The van der Waals surface area contributed by atoms with E-state index in [9.17, 15) is 0 Å². The van der Waals surface area contributed by atoms with E-state index in [1.807, 2.05) is 26.0 Å². The second-order valence-electron chi connectivity index (χ2n) is 4.21. The quantitative estimate of drug-likeness (QED) is 0.854. The van der Waals surface area contributed by atoms with Crippen LogP contribution in [0, 0.1) is 25.2 Å². The van der Waals surface area contributed by atoms with Crippen LogP contribution in [0.3, 0.4) is 0 Å². The highest BCUT2D eigenvalue weighted by Gasteiger charge is 2.06. The monoisotopic (exact) mass is 292 g/mol. The number of hydrogen-bond donors (Lipinski definition) is 0. The molecule has 19 heavy (non-hydrogen) atoms. The van der Waals surface area contributed by atoms with E-state index in [4.69, 9.17) is 21.6 Å². The lowest BCUT2D eigenvalue weighted by molar-refractivity contribution is 0.305. The molecule has 0 bridgehead atoms. The highest BCUT2D eigenvalue weighted by Crippen LogP contribution is 2.26. The number of halogens is 1. The van der Waals surface area contributed by atoms with Crippen LogP contribution in [0.15, 0.2) is 18.3 Å². The zero-order valence-corrected chi connectivity index (χ0v) is 12.3. The number of aryl methyl sites for hydroxylation is 2. The molecule has 3 nitrogen and oxygen atoms in total. The van der Waals surface area contributed by atoms with Crippen molar-refractivity contribution in [3.8, 4) is 11.8 Å². The topological polar surface area (TPSA) is 45.9 Å². The first-order valence-corrected chi connectivity index (χ1v) is 6.99. The van der Waals surface area contributed by atoms with Crippen molar-refractivity contribution in [1.29, 1.82) is 5.26 Å². The van der Waals surface area contributed by atoms with Crippen LogP contribution in [0.5, 0.6) is 5.75 Å². The average molecular weight is 293 g/mol. The molecule has 0 amide bonds. The van der Waals surface area contributed by atoms with Gasteiger partial charge in [-0.25, -0.2) is 4.98 Å². The van der Waals surface area contributed by atoms with Gasteiger partial charge in [-0.05, 0) is 37.1 Å². The molecule has 1 aromatic carbocycles. The van der Waals surface area contributed by atoms with E-state index in [2.05, 4.69) is 11.1 Å². The molecule has 2 aromatic rings. The molecule has 2 rings (SSSR count). The van der Waals surface area contributed by atoms with Crippen molar-refractivity contribution in [1.82, 2.24) is 4.98 Å². The van der Waals surface area contributed by atoms with Crippen LogP contribution in [-0.4, -0.2) is 4.98 Å². The van der Waals surface area contributed by atoms with Gasteiger partial charge in [0.1, 0.15) is 17.4 Å². The SMILES string of the molecule is Cc1cc(OCc2ncc(CC#N)s2)cc(C)c1Cl. The van der Waals surface area contributed by atoms with E-state index in [-0.39, 0.29) is 0 Å². The number of nitrogens with zero attached hydrogens (tertiary/aromatic N) is 2. The Labute approximate surface area is 121 Å². The third-order valence-electron chi connectivity index (χ3n) is 2.63. The Balaban J connectivity index is 2.04. The summed E-state index contributed by atoms with van der Waals surface area (Å²) in [7, 11) is 0. The first-order valence-electron chi connectivity index (χ1n) is 5.80. The highest BCUT2D eigenvalue weighted by molar-refractivity contribution is 7.11. The summed E-state index contributed by atoms with van der Waals surface area (Å²) in [5.74, 6) is 0.788. The Bertz CT molecular complexity index is 608. The summed E-state index contributed by atoms with van der Waals surface area (Å²) >= 11 is 7.61. The molecular formula is C14H13ClN2OS. The minimum absolute atomic E-state index is 0.400. The minimum atomic E-state index is 0.400. The lowest BCUT2D eigenvalue weighted by Crippen LogP contribution is -1.95. The summed E-state index contributed by atoms with van der Waals surface area (Å²) in [6.45, 7) is 4.32. The van der Waals surface area contributed by atoms with Crippen molar-refractivity contribution >= 4 is 22.9 Å². The Morgan fingerprint density at radius 1 is 1.37 bits per heavy atom. The second-order valence-corrected chi connectivity index (χ2v) is 5.79. The van der Waals surface area contributed by atoms with Gasteiger partial charge in [0.15, 0.2) is 0 Å². The van der Waals surface area contributed by atoms with E-state index < -0.39 is 0 Å². The van der Waals surface area contributed by atoms with Crippen LogP contribution in [0.4, 0.5) is 0 Å². The van der Waals surface area contributed by atoms with Crippen molar-refractivity contribution in [3.05, 3.63) is 44.4 Å². The number of rotatable bonds is 4. The van der Waals surface area contributed by atoms with E-state index >= 15 is 0 Å². The maximum absolute atomic E-state index is 8.61. The van der Waals surface area contributed by atoms with Crippen molar-refractivity contribution in [2.24, 2.45) is 0 Å². The molecule has 0 aliphatic carbocycles. The number of hydrogen-bond acceptors (Lipinski definition) is 4. The van der Waals surface area contributed by atoms with Crippen LogP contribution in [0.1, 0.15) is 21.0 Å². The van der Waals surface area contributed by atoms with E-state index in [0.717, 1.165) is 31.8 Å². The van der Waals surface area contributed by atoms with Crippen molar-refractivity contribution in [2.45, 2.75) is 26.9 Å². The average Bonchev–Trinajstić information content (AvgIpc) is 2.81. The van der Waals surface area contributed by atoms with Gasteiger partial charge >= 0.3 is 0 Å². The van der Waals surface area contributed by atoms with E-state index in [0.29, 0.717) is 13.0 Å². The largest absolute Gasteiger partial charge is 0.486 e. The van der Waals surface area contributed by atoms with Crippen LogP contribution >= 0.6 is 22.9 Å². The van der Waals surface area contributed by atoms with Gasteiger partial charge in [0.25, 0.3) is 0 Å². The Morgan fingerprint density at radius 3 is 2.68 bits per heavy atom. The first-order chi connectivity index (χ1) is 9.10. The zero-order valence-electron chi connectivity index (χ0n) is 10.7. The zero-order chi connectivity index (χ0) is 13.8. The summed E-state index contributed by atoms with van der Waals surface area (Å²) in [5.41, 5.74) is 2.00. The van der Waals surface area contributed by atoms with Gasteiger partial charge in [-0.3, -0.25) is 0 Å². The molecule has 0 saturated carbocycles. The molecule has 0 N–H and O–H groups in total. The molecule has 5 heteroatoms. The number of nitriles is 1. The molecular weight excluding hydrogens is 280 g/mol. The van der Waals surface area contributed by atoms with E-state index in [1.165, 1.54) is 11.3 Å². The van der Waals surface area contributed by atoms with Gasteiger partial charge in [0.2, 0.25) is 0 Å². The fourth-order valence-corrected chi connectivity index (χ4v) is 2.59. The number of thiazole rings is 1. The normalized spacial score (nSPS) is 10.2. The van der Waals surface area contributed by atoms with E-state index in [1.54, 1.807) is 6.20 Å². The smallest absolute Gasteiger partial charge is 0.140 e. The molecule has 98 valence electrons. The van der Waals surface area contributed by atoms with Crippen molar-refractivity contribution in [2.75, 3.05) is 0 Å². The van der Waals surface area contributed by atoms with Gasteiger partial charge in [-0.2, -0.15) is 5.26 Å².